The first kappa shape index (κ1) is 21.1. The van der Waals surface area contributed by atoms with E-state index in [0.29, 0.717) is 5.69 Å². The summed E-state index contributed by atoms with van der Waals surface area (Å²) in [5.41, 5.74) is 2.32. The Morgan fingerprint density at radius 1 is 1.07 bits per heavy atom. The van der Waals surface area contributed by atoms with Gasteiger partial charge in [-0.2, -0.15) is 0 Å². The number of hydrogen-bond donors (Lipinski definition) is 2. The minimum Gasteiger partial charge on any atom is -0.326 e. The zero-order valence-electron chi connectivity index (χ0n) is 16.4. The number of aryl methyl sites for hydroxylation is 1. The lowest BCUT2D eigenvalue weighted by Crippen LogP contribution is -2.42. The quantitative estimate of drug-likeness (QED) is 0.763. The van der Waals surface area contributed by atoms with Crippen LogP contribution in [0.5, 0.6) is 0 Å². The molecule has 0 aliphatic rings. The normalized spacial score (nSPS) is 14.0. The fourth-order valence-electron chi connectivity index (χ4n) is 3.15. The third kappa shape index (κ3) is 5.38. The van der Waals surface area contributed by atoms with Gasteiger partial charge in [-0.3, -0.25) is 4.79 Å². The maximum absolute atomic E-state index is 12.9. The number of nitrogens with one attached hydrogen (secondary N) is 2. The average Bonchev–Trinajstić information content (AvgIpc) is 2.56. The molecule has 0 unspecified atom stereocenters. The molecule has 0 aliphatic carbocycles. The van der Waals surface area contributed by atoms with E-state index in [-0.39, 0.29) is 22.9 Å². The summed E-state index contributed by atoms with van der Waals surface area (Å²) in [4.78, 5) is 13.4. The number of carbonyl (C=O) groups is 1. The van der Waals surface area contributed by atoms with Crippen LogP contribution in [-0.2, 0) is 14.8 Å². The molecular formula is C20H27N3O3S. The van der Waals surface area contributed by atoms with Gasteiger partial charge >= 0.3 is 0 Å². The molecule has 0 radical (unpaired) electrons. The lowest BCUT2D eigenvalue weighted by molar-refractivity contribution is -0.114. The van der Waals surface area contributed by atoms with Gasteiger partial charge in [-0.15, -0.1) is 0 Å². The van der Waals surface area contributed by atoms with E-state index in [1.165, 1.54) is 13.0 Å². The van der Waals surface area contributed by atoms with E-state index in [0.717, 1.165) is 11.1 Å². The zero-order valence-corrected chi connectivity index (χ0v) is 17.2. The standard InChI is InChI=1S/C20H27N3O3S/c1-14-11-12-18(13-19(14)21-16(3)24)27(25,26)22-15(2)20(23(4)5)17-9-7-6-8-10-17/h6-13,15,20,22H,1-5H3,(H,21,24)/t15-,20+/m1/s1. The molecule has 0 saturated carbocycles. The van der Waals surface area contributed by atoms with Crippen molar-refractivity contribution < 1.29 is 13.2 Å². The zero-order chi connectivity index (χ0) is 20.2. The molecular weight excluding hydrogens is 362 g/mol. The van der Waals surface area contributed by atoms with E-state index in [1.807, 2.05) is 63.2 Å². The monoisotopic (exact) mass is 389 g/mol. The molecule has 2 N–H and O–H groups in total. The minimum absolute atomic E-state index is 0.120. The predicted molar refractivity (Wildman–Crippen MR) is 108 cm³/mol. The number of benzene rings is 2. The Bertz CT molecular complexity index is 896. The molecule has 2 atom stereocenters. The summed E-state index contributed by atoms with van der Waals surface area (Å²) >= 11 is 0. The van der Waals surface area contributed by atoms with Crippen LogP contribution in [0, 0.1) is 6.92 Å². The van der Waals surface area contributed by atoms with Gasteiger partial charge in [0, 0.05) is 18.7 Å². The molecule has 0 bridgehead atoms. The second kappa shape index (κ2) is 8.65. The van der Waals surface area contributed by atoms with Gasteiger partial charge in [0.25, 0.3) is 0 Å². The van der Waals surface area contributed by atoms with Crippen molar-refractivity contribution in [3.63, 3.8) is 0 Å². The maximum Gasteiger partial charge on any atom is 0.240 e. The lowest BCUT2D eigenvalue weighted by Gasteiger charge is -2.31. The van der Waals surface area contributed by atoms with Crippen LogP contribution in [0.3, 0.4) is 0 Å². The van der Waals surface area contributed by atoms with Crippen molar-refractivity contribution in [1.29, 1.82) is 0 Å². The average molecular weight is 390 g/mol. The summed E-state index contributed by atoms with van der Waals surface area (Å²) in [5.74, 6) is -0.245. The molecule has 0 spiro atoms. The van der Waals surface area contributed by atoms with Crippen molar-refractivity contribution in [1.82, 2.24) is 9.62 Å². The SMILES string of the molecule is CC(=O)Nc1cc(S(=O)(=O)N[C@H](C)[C@@H](c2ccccc2)N(C)C)ccc1C. The number of likely N-dealkylation sites (N-methyl/N-ethyl adjacent to an activating group) is 1. The van der Waals surface area contributed by atoms with E-state index in [4.69, 9.17) is 0 Å². The van der Waals surface area contributed by atoms with Gasteiger partial charge in [0.2, 0.25) is 15.9 Å². The van der Waals surface area contributed by atoms with Crippen LogP contribution in [0.2, 0.25) is 0 Å². The van der Waals surface area contributed by atoms with Crippen LogP contribution in [0.1, 0.15) is 31.0 Å². The summed E-state index contributed by atoms with van der Waals surface area (Å²) in [6.07, 6.45) is 0. The molecule has 146 valence electrons. The predicted octanol–water partition coefficient (Wildman–Crippen LogP) is 2.92. The van der Waals surface area contributed by atoms with Crippen LogP contribution in [0.25, 0.3) is 0 Å². The summed E-state index contributed by atoms with van der Waals surface area (Å²) in [6.45, 7) is 5.05. The maximum atomic E-state index is 12.9. The molecule has 6 nitrogen and oxygen atoms in total. The first-order valence-corrected chi connectivity index (χ1v) is 10.2. The number of amides is 1. The number of carbonyl (C=O) groups excluding carboxylic acids is 1. The molecule has 0 fully saturated rings. The molecule has 7 heteroatoms. The van der Waals surface area contributed by atoms with Crippen molar-refractivity contribution in [2.75, 3.05) is 19.4 Å². The molecule has 0 heterocycles. The van der Waals surface area contributed by atoms with Gasteiger partial charge in [0.1, 0.15) is 0 Å². The topological polar surface area (TPSA) is 78.5 Å². The molecule has 0 aliphatic heterocycles. The first-order valence-electron chi connectivity index (χ1n) is 8.74. The third-order valence-electron chi connectivity index (χ3n) is 4.34. The Morgan fingerprint density at radius 2 is 1.70 bits per heavy atom. The molecule has 0 aromatic heterocycles. The van der Waals surface area contributed by atoms with Gasteiger partial charge < -0.3 is 10.2 Å². The molecule has 27 heavy (non-hydrogen) atoms. The Morgan fingerprint density at radius 3 is 2.26 bits per heavy atom. The molecule has 2 rings (SSSR count). The number of nitrogens with zero attached hydrogens (tertiary/aromatic N) is 1. The molecule has 2 aromatic rings. The van der Waals surface area contributed by atoms with E-state index < -0.39 is 10.0 Å². The number of hydrogen-bond acceptors (Lipinski definition) is 4. The fraction of sp³-hybridized carbons (Fsp3) is 0.350. The van der Waals surface area contributed by atoms with Gasteiger partial charge in [0.15, 0.2) is 0 Å². The third-order valence-corrected chi connectivity index (χ3v) is 5.90. The van der Waals surface area contributed by atoms with Gasteiger partial charge in [-0.1, -0.05) is 36.4 Å². The van der Waals surface area contributed by atoms with Crippen molar-refractivity contribution in [3.8, 4) is 0 Å². The largest absolute Gasteiger partial charge is 0.326 e. The van der Waals surface area contributed by atoms with Crippen LogP contribution in [0.15, 0.2) is 53.4 Å². The lowest BCUT2D eigenvalue weighted by atomic mass is 10.0. The Balaban J connectivity index is 2.30. The van der Waals surface area contributed by atoms with Crippen LogP contribution >= 0.6 is 0 Å². The van der Waals surface area contributed by atoms with E-state index >= 15 is 0 Å². The van der Waals surface area contributed by atoms with Crippen molar-refractivity contribution in [2.45, 2.75) is 37.8 Å². The molecule has 0 saturated heterocycles. The summed E-state index contributed by atoms with van der Waals surface area (Å²) in [5, 5.41) is 2.67. The highest BCUT2D eigenvalue weighted by molar-refractivity contribution is 7.89. The highest BCUT2D eigenvalue weighted by Crippen LogP contribution is 2.25. The van der Waals surface area contributed by atoms with Crippen LogP contribution in [0.4, 0.5) is 5.69 Å². The number of anilines is 1. The summed E-state index contributed by atoms with van der Waals surface area (Å²) in [6, 6.07) is 14.0. The van der Waals surface area contributed by atoms with Crippen molar-refractivity contribution in [2.24, 2.45) is 0 Å². The van der Waals surface area contributed by atoms with Gasteiger partial charge in [-0.05, 0) is 51.2 Å². The second-order valence-corrected chi connectivity index (χ2v) is 8.60. The van der Waals surface area contributed by atoms with Crippen molar-refractivity contribution >= 4 is 21.6 Å². The van der Waals surface area contributed by atoms with E-state index in [1.54, 1.807) is 12.1 Å². The first-order chi connectivity index (χ1) is 12.6. The Hall–Kier alpha value is -2.22. The fourth-order valence-corrected chi connectivity index (χ4v) is 4.43. The Kier molecular flexibility index (Phi) is 6.75. The van der Waals surface area contributed by atoms with Gasteiger partial charge in [-0.25, -0.2) is 13.1 Å². The van der Waals surface area contributed by atoms with Crippen molar-refractivity contribution in [3.05, 3.63) is 59.7 Å². The smallest absolute Gasteiger partial charge is 0.240 e. The van der Waals surface area contributed by atoms with Crippen LogP contribution in [-0.4, -0.2) is 39.4 Å². The minimum atomic E-state index is -3.75. The summed E-state index contributed by atoms with van der Waals surface area (Å²) in [7, 11) is 0.0907. The highest BCUT2D eigenvalue weighted by atomic mass is 32.2. The molecule has 1 amide bonds. The second-order valence-electron chi connectivity index (χ2n) is 6.89. The molecule has 2 aromatic carbocycles. The highest BCUT2D eigenvalue weighted by Gasteiger charge is 2.26. The number of rotatable bonds is 7. The Labute approximate surface area is 161 Å². The summed E-state index contributed by atoms with van der Waals surface area (Å²) < 4.78 is 28.6. The van der Waals surface area contributed by atoms with Crippen LogP contribution < -0.4 is 10.0 Å². The van der Waals surface area contributed by atoms with E-state index in [9.17, 15) is 13.2 Å². The van der Waals surface area contributed by atoms with E-state index in [2.05, 4.69) is 10.0 Å². The number of sulfonamides is 1. The van der Waals surface area contributed by atoms with Gasteiger partial charge in [0.05, 0.1) is 10.9 Å².